The Bertz CT molecular complexity index is 1150. The highest BCUT2D eigenvalue weighted by atomic mass is 35.5. The minimum atomic E-state index is -0.0151. The largest absolute Gasteiger partial charge is 0.461 e. The van der Waals surface area contributed by atoms with Gasteiger partial charge in [-0.3, -0.25) is 9.36 Å². The minimum Gasteiger partial charge on any atom is -0.461 e. The van der Waals surface area contributed by atoms with Crippen LogP contribution in [0.15, 0.2) is 82.6 Å². The van der Waals surface area contributed by atoms with Gasteiger partial charge in [0.25, 0.3) is 0 Å². The molecular weight excluding hydrogens is 432 g/mol. The van der Waals surface area contributed by atoms with Crippen molar-refractivity contribution in [2.45, 2.75) is 18.2 Å². The molecule has 0 aliphatic carbocycles. The SMILES string of the molecule is CN(Cc1ccccc1Cl)C(=O)CSc1nnc(-c2ccco2)n1Cc1ccccc1. The number of nitrogens with zero attached hydrogens (tertiary/aromatic N) is 4. The van der Waals surface area contributed by atoms with Gasteiger partial charge in [0.15, 0.2) is 10.9 Å². The second kappa shape index (κ2) is 9.85. The summed E-state index contributed by atoms with van der Waals surface area (Å²) in [6, 6.07) is 21.3. The molecule has 0 bridgehead atoms. The summed E-state index contributed by atoms with van der Waals surface area (Å²) in [7, 11) is 1.77. The quantitative estimate of drug-likeness (QED) is 0.352. The average Bonchev–Trinajstić information content (AvgIpc) is 3.44. The highest BCUT2D eigenvalue weighted by molar-refractivity contribution is 7.99. The van der Waals surface area contributed by atoms with E-state index < -0.39 is 0 Å². The van der Waals surface area contributed by atoms with E-state index in [0.29, 0.717) is 34.9 Å². The fourth-order valence-corrected chi connectivity index (χ4v) is 4.17. The maximum Gasteiger partial charge on any atom is 0.233 e. The normalized spacial score (nSPS) is 10.9. The fraction of sp³-hybridized carbons (Fsp3) is 0.174. The molecule has 31 heavy (non-hydrogen) atoms. The molecule has 1 amide bonds. The molecule has 2 aromatic heterocycles. The molecule has 0 aliphatic rings. The molecular formula is C23H21ClN4O2S. The zero-order valence-electron chi connectivity index (χ0n) is 16.9. The lowest BCUT2D eigenvalue weighted by atomic mass is 10.2. The minimum absolute atomic E-state index is 0.0151. The first-order valence-electron chi connectivity index (χ1n) is 9.73. The highest BCUT2D eigenvalue weighted by Gasteiger charge is 2.19. The van der Waals surface area contributed by atoms with Crippen LogP contribution in [0.4, 0.5) is 0 Å². The molecule has 0 saturated heterocycles. The first-order valence-corrected chi connectivity index (χ1v) is 11.1. The molecule has 4 rings (SSSR count). The standard InChI is InChI=1S/C23H21ClN4O2S/c1-27(15-18-10-5-6-11-19(18)24)21(29)16-31-23-26-25-22(20-12-7-13-30-20)28(23)14-17-8-3-2-4-9-17/h2-13H,14-16H2,1H3. The van der Waals surface area contributed by atoms with Gasteiger partial charge in [0.05, 0.1) is 18.6 Å². The summed E-state index contributed by atoms with van der Waals surface area (Å²) in [6.07, 6.45) is 1.61. The van der Waals surface area contributed by atoms with Crippen LogP contribution in [0.1, 0.15) is 11.1 Å². The number of carbonyl (C=O) groups is 1. The molecule has 6 nitrogen and oxygen atoms in total. The van der Waals surface area contributed by atoms with Crippen LogP contribution < -0.4 is 0 Å². The van der Waals surface area contributed by atoms with Gasteiger partial charge < -0.3 is 9.32 Å². The molecule has 0 N–H and O–H groups in total. The topological polar surface area (TPSA) is 64.2 Å². The van der Waals surface area contributed by atoms with Crippen LogP contribution in [0, 0.1) is 0 Å². The Morgan fingerprint density at radius 3 is 2.58 bits per heavy atom. The van der Waals surface area contributed by atoms with Gasteiger partial charge in [-0.1, -0.05) is 71.9 Å². The third-order valence-electron chi connectivity index (χ3n) is 4.76. The van der Waals surface area contributed by atoms with Crippen LogP contribution in [-0.2, 0) is 17.9 Å². The van der Waals surface area contributed by atoms with Crippen LogP contribution in [0.25, 0.3) is 11.6 Å². The summed E-state index contributed by atoms with van der Waals surface area (Å²) in [5.74, 6) is 1.50. The molecule has 0 fully saturated rings. The monoisotopic (exact) mass is 452 g/mol. The lowest BCUT2D eigenvalue weighted by molar-refractivity contribution is -0.127. The lowest BCUT2D eigenvalue weighted by Gasteiger charge is -2.18. The summed E-state index contributed by atoms with van der Waals surface area (Å²) in [4.78, 5) is 14.4. The van der Waals surface area contributed by atoms with Crippen molar-refractivity contribution in [3.8, 4) is 11.6 Å². The molecule has 4 aromatic rings. The molecule has 0 radical (unpaired) electrons. The van der Waals surface area contributed by atoms with Crippen LogP contribution in [0.2, 0.25) is 5.02 Å². The molecule has 8 heteroatoms. The zero-order valence-corrected chi connectivity index (χ0v) is 18.5. The van der Waals surface area contributed by atoms with E-state index in [-0.39, 0.29) is 11.7 Å². The van der Waals surface area contributed by atoms with Crippen molar-refractivity contribution in [1.82, 2.24) is 19.7 Å². The lowest BCUT2D eigenvalue weighted by Crippen LogP contribution is -2.28. The van der Waals surface area contributed by atoms with Gasteiger partial charge in [-0.2, -0.15) is 0 Å². The second-order valence-corrected chi connectivity index (χ2v) is 8.33. The maximum absolute atomic E-state index is 12.7. The Balaban J connectivity index is 1.49. The number of hydrogen-bond donors (Lipinski definition) is 0. The number of furan rings is 1. The Morgan fingerprint density at radius 2 is 1.84 bits per heavy atom. The predicted octanol–water partition coefficient (Wildman–Crippen LogP) is 4.99. The van der Waals surface area contributed by atoms with Gasteiger partial charge in [0.2, 0.25) is 11.7 Å². The molecule has 158 valence electrons. The van der Waals surface area contributed by atoms with E-state index in [1.54, 1.807) is 18.2 Å². The van der Waals surface area contributed by atoms with Crippen LogP contribution in [0.5, 0.6) is 0 Å². The van der Waals surface area contributed by atoms with Crippen molar-refractivity contribution in [3.05, 3.63) is 89.1 Å². The van der Waals surface area contributed by atoms with Crippen LogP contribution in [0.3, 0.4) is 0 Å². The number of hydrogen-bond acceptors (Lipinski definition) is 5. The van der Waals surface area contributed by atoms with E-state index in [4.69, 9.17) is 16.0 Å². The summed E-state index contributed by atoms with van der Waals surface area (Å²) < 4.78 is 7.50. The highest BCUT2D eigenvalue weighted by Crippen LogP contribution is 2.26. The first kappa shape index (κ1) is 21.2. The molecule has 0 atom stereocenters. The van der Waals surface area contributed by atoms with Gasteiger partial charge in [-0.05, 0) is 29.3 Å². The third-order valence-corrected chi connectivity index (χ3v) is 6.08. The fourth-order valence-electron chi connectivity index (χ4n) is 3.10. The number of halogens is 1. The van der Waals surface area contributed by atoms with Crippen LogP contribution in [-0.4, -0.2) is 38.4 Å². The average molecular weight is 453 g/mol. The smallest absolute Gasteiger partial charge is 0.233 e. The summed E-state index contributed by atoms with van der Waals surface area (Å²) >= 11 is 7.58. The van der Waals surface area contributed by atoms with Gasteiger partial charge in [0, 0.05) is 18.6 Å². The van der Waals surface area contributed by atoms with E-state index in [0.717, 1.165) is 11.1 Å². The zero-order chi connectivity index (χ0) is 21.6. The van der Waals surface area contributed by atoms with E-state index in [9.17, 15) is 4.79 Å². The molecule has 0 unspecified atom stereocenters. The second-order valence-electron chi connectivity index (χ2n) is 6.99. The van der Waals surface area contributed by atoms with E-state index >= 15 is 0 Å². The van der Waals surface area contributed by atoms with Gasteiger partial charge in [-0.15, -0.1) is 10.2 Å². The van der Waals surface area contributed by atoms with Crippen molar-refractivity contribution in [3.63, 3.8) is 0 Å². The summed E-state index contributed by atoms with van der Waals surface area (Å²) in [6.45, 7) is 1.03. The number of thioether (sulfide) groups is 1. The summed E-state index contributed by atoms with van der Waals surface area (Å²) in [5, 5.41) is 9.95. The number of amides is 1. The number of benzene rings is 2. The Kier molecular flexibility index (Phi) is 6.74. The molecule has 0 spiro atoms. The van der Waals surface area contributed by atoms with Crippen molar-refractivity contribution in [1.29, 1.82) is 0 Å². The van der Waals surface area contributed by atoms with Gasteiger partial charge >= 0.3 is 0 Å². The van der Waals surface area contributed by atoms with Crippen molar-refractivity contribution >= 4 is 29.3 Å². The molecule has 0 aliphatic heterocycles. The van der Waals surface area contributed by atoms with E-state index in [1.807, 2.05) is 71.3 Å². The Morgan fingerprint density at radius 1 is 1.06 bits per heavy atom. The molecule has 2 heterocycles. The predicted molar refractivity (Wildman–Crippen MR) is 122 cm³/mol. The number of rotatable bonds is 8. The van der Waals surface area contributed by atoms with Gasteiger partial charge in [-0.25, -0.2) is 0 Å². The third kappa shape index (κ3) is 5.18. The maximum atomic E-state index is 12.7. The van der Waals surface area contributed by atoms with E-state index in [2.05, 4.69) is 10.2 Å². The number of carbonyl (C=O) groups excluding carboxylic acids is 1. The first-order chi connectivity index (χ1) is 15.1. The molecule has 2 aromatic carbocycles. The van der Waals surface area contributed by atoms with Crippen molar-refractivity contribution in [2.24, 2.45) is 0 Å². The molecule has 0 saturated carbocycles. The van der Waals surface area contributed by atoms with Crippen LogP contribution >= 0.6 is 23.4 Å². The Labute approximate surface area is 189 Å². The van der Waals surface area contributed by atoms with Crippen molar-refractivity contribution < 1.29 is 9.21 Å². The van der Waals surface area contributed by atoms with E-state index in [1.165, 1.54) is 11.8 Å². The van der Waals surface area contributed by atoms with Gasteiger partial charge in [0.1, 0.15) is 0 Å². The number of aromatic nitrogens is 3. The Hall–Kier alpha value is -3.03. The van der Waals surface area contributed by atoms with Crippen molar-refractivity contribution in [2.75, 3.05) is 12.8 Å². The summed E-state index contributed by atoms with van der Waals surface area (Å²) in [5.41, 5.74) is 2.02.